The number of nitrogens with zero attached hydrogens (tertiary/aromatic N) is 1. The van der Waals surface area contributed by atoms with Crippen molar-refractivity contribution in [2.45, 2.75) is 38.3 Å². The monoisotopic (exact) mass is 366 g/mol. The van der Waals surface area contributed by atoms with Crippen LogP contribution in [-0.4, -0.2) is 53.3 Å². The number of carbonyl (C=O) groups is 2. The molecule has 0 fully saturated rings. The van der Waals surface area contributed by atoms with Gasteiger partial charge in [0.15, 0.2) is 5.96 Å². The van der Waals surface area contributed by atoms with E-state index in [1.54, 1.807) is 19.1 Å². The van der Waals surface area contributed by atoms with Gasteiger partial charge in [0, 0.05) is 13.0 Å². The number of nitrogens with two attached hydrogens (primary N) is 2. The number of hydrogen-bond donors (Lipinski definition) is 5. The Balaban J connectivity index is 2.65. The molecule has 0 aliphatic carbocycles. The summed E-state index contributed by atoms with van der Waals surface area (Å²) in [6.07, 6.45) is -0.557. The normalized spacial score (nSPS) is 12.7. The molecule has 1 aromatic rings. The number of nitrogens with one attached hydrogen (secondary N) is 1. The Bertz CT molecular complexity index is 614. The van der Waals surface area contributed by atoms with Crippen LogP contribution in [0, 0.1) is 0 Å². The molecule has 0 aromatic heterocycles. The Morgan fingerprint density at radius 3 is 2.50 bits per heavy atom. The lowest BCUT2D eigenvalue weighted by Crippen LogP contribution is -2.47. The zero-order valence-electron chi connectivity index (χ0n) is 14.7. The molecule has 144 valence electrons. The van der Waals surface area contributed by atoms with E-state index in [2.05, 4.69) is 10.3 Å². The van der Waals surface area contributed by atoms with Gasteiger partial charge in [-0.3, -0.25) is 9.79 Å². The number of aliphatic imine (C=N–C) groups is 1. The number of amides is 1. The van der Waals surface area contributed by atoms with Crippen LogP contribution in [0.15, 0.2) is 29.3 Å². The second kappa shape index (κ2) is 10.9. The Hall–Kier alpha value is -2.81. The molecule has 0 saturated heterocycles. The standard InChI is InChI=1S/C17H26N4O5/c1-2-26-16(25)13(10-11-5-7-12(22)8-6-11)21-15(24)14(23)4-3-9-20-17(18)19/h5-8,13-14,22-23H,2-4,9-10H2,1H3,(H,21,24)(H4,18,19,20)/t13-,14+/m0/s1. The molecular formula is C17H26N4O5. The highest BCUT2D eigenvalue weighted by molar-refractivity contribution is 5.87. The first-order valence-corrected chi connectivity index (χ1v) is 8.31. The highest BCUT2D eigenvalue weighted by Gasteiger charge is 2.25. The molecule has 26 heavy (non-hydrogen) atoms. The lowest BCUT2D eigenvalue weighted by atomic mass is 10.0. The van der Waals surface area contributed by atoms with Crippen LogP contribution in [0.2, 0.25) is 0 Å². The van der Waals surface area contributed by atoms with Gasteiger partial charge in [-0.2, -0.15) is 0 Å². The molecule has 1 aromatic carbocycles. The predicted molar refractivity (Wildman–Crippen MR) is 96.3 cm³/mol. The molecule has 0 unspecified atom stereocenters. The van der Waals surface area contributed by atoms with E-state index in [0.29, 0.717) is 13.0 Å². The zero-order chi connectivity index (χ0) is 19.5. The van der Waals surface area contributed by atoms with Gasteiger partial charge in [0.25, 0.3) is 0 Å². The fourth-order valence-electron chi connectivity index (χ4n) is 2.20. The maximum atomic E-state index is 12.1. The molecule has 0 aliphatic rings. The number of phenolic OH excluding ortho intramolecular Hbond substituents is 1. The van der Waals surface area contributed by atoms with Crippen molar-refractivity contribution >= 4 is 17.8 Å². The number of esters is 1. The first-order valence-electron chi connectivity index (χ1n) is 8.31. The van der Waals surface area contributed by atoms with E-state index in [1.807, 2.05) is 0 Å². The van der Waals surface area contributed by atoms with E-state index in [9.17, 15) is 19.8 Å². The summed E-state index contributed by atoms with van der Waals surface area (Å²) in [5, 5.41) is 21.8. The van der Waals surface area contributed by atoms with Crippen molar-refractivity contribution in [3.8, 4) is 5.75 Å². The lowest BCUT2D eigenvalue weighted by molar-refractivity contribution is -0.148. The maximum absolute atomic E-state index is 12.1. The predicted octanol–water partition coefficient (Wildman–Crippen LogP) is -0.603. The number of benzene rings is 1. The summed E-state index contributed by atoms with van der Waals surface area (Å²) >= 11 is 0. The summed E-state index contributed by atoms with van der Waals surface area (Å²) in [5.41, 5.74) is 11.1. The minimum Gasteiger partial charge on any atom is -0.508 e. The Labute approximate surface area is 152 Å². The van der Waals surface area contributed by atoms with Crippen LogP contribution in [-0.2, 0) is 20.7 Å². The van der Waals surface area contributed by atoms with E-state index in [-0.39, 0.29) is 31.2 Å². The van der Waals surface area contributed by atoms with Gasteiger partial charge in [0.2, 0.25) is 5.91 Å². The fraction of sp³-hybridized carbons (Fsp3) is 0.471. The average Bonchev–Trinajstić information content (AvgIpc) is 2.59. The molecule has 9 heteroatoms. The van der Waals surface area contributed by atoms with Crippen molar-refractivity contribution in [3.63, 3.8) is 0 Å². The number of phenols is 1. The van der Waals surface area contributed by atoms with Gasteiger partial charge in [0.05, 0.1) is 6.61 Å². The number of aliphatic hydroxyl groups excluding tert-OH is 1. The molecule has 7 N–H and O–H groups in total. The highest BCUT2D eigenvalue weighted by atomic mass is 16.5. The third-order valence-electron chi connectivity index (χ3n) is 3.50. The molecule has 0 saturated carbocycles. The average molecular weight is 366 g/mol. The Morgan fingerprint density at radius 2 is 1.92 bits per heavy atom. The van der Waals surface area contributed by atoms with Crippen LogP contribution < -0.4 is 16.8 Å². The molecule has 0 bridgehead atoms. The van der Waals surface area contributed by atoms with Crippen LogP contribution in [0.1, 0.15) is 25.3 Å². The molecule has 0 radical (unpaired) electrons. The summed E-state index contributed by atoms with van der Waals surface area (Å²) in [6.45, 7) is 2.12. The van der Waals surface area contributed by atoms with Crippen LogP contribution in [0.25, 0.3) is 0 Å². The van der Waals surface area contributed by atoms with E-state index in [1.165, 1.54) is 12.1 Å². The minimum atomic E-state index is -1.29. The summed E-state index contributed by atoms with van der Waals surface area (Å²) in [7, 11) is 0. The van der Waals surface area contributed by atoms with Gasteiger partial charge < -0.3 is 31.7 Å². The first-order chi connectivity index (χ1) is 12.3. The van der Waals surface area contributed by atoms with Crippen LogP contribution in [0.5, 0.6) is 5.75 Å². The molecule has 1 rings (SSSR count). The van der Waals surface area contributed by atoms with Gasteiger partial charge in [-0.25, -0.2) is 4.79 Å². The van der Waals surface area contributed by atoms with Gasteiger partial charge in [-0.15, -0.1) is 0 Å². The maximum Gasteiger partial charge on any atom is 0.328 e. The van der Waals surface area contributed by atoms with Crippen molar-refractivity contribution in [1.82, 2.24) is 5.32 Å². The van der Waals surface area contributed by atoms with Gasteiger partial charge in [0.1, 0.15) is 17.9 Å². The highest BCUT2D eigenvalue weighted by Crippen LogP contribution is 2.12. The Morgan fingerprint density at radius 1 is 1.27 bits per heavy atom. The minimum absolute atomic E-state index is 0.0554. The number of ether oxygens (including phenoxy) is 1. The number of carbonyl (C=O) groups excluding carboxylic acids is 2. The SMILES string of the molecule is CCOC(=O)[C@H](Cc1ccc(O)cc1)NC(=O)[C@H](O)CCCN=C(N)N. The van der Waals surface area contributed by atoms with Crippen molar-refractivity contribution in [2.75, 3.05) is 13.2 Å². The summed E-state index contributed by atoms with van der Waals surface area (Å²) < 4.78 is 4.98. The van der Waals surface area contributed by atoms with E-state index in [4.69, 9.17) is 16.2 Å². The van der Waals surface area contributed by atoms with Crippen LogP contribution in [0.4, 0.5) is 0 Å². The molecule has 0 heterocycles. The van der Waals surface area contributed by atoms with E-state index >= 15 is 0 Å². The van der Waals surface area contributed by atoms with Crippen molar-refractivity contribution in [2.24, 2.45) is 16.5 Å². The van der Waals surface area contributed by atoms with Crippen molar-refractivity contribution in [3.05, 3.63) is 29.8 Å². The van der Waals surface area contributed by atoms with Crippen LogP contribution in [0.3, 0.4) is 0 Å². The molecule has 0 aliphatic heterocycles. The molecular weight excluding hydrogens is 340 g/mol. The molecule has 0 spiro atoms. The summed E-state index contributed by atoms with van der Waals surface area (Å²) in [5.74, 6) is -1.23. The second-order valence-electron chi connectivity index (χ2n) is 5.65. The largest absolute Gasteiger partial charge is 0.508 e. The number of aromatic hydroxyl groups is 1. The van der Waals surface area contributed by atoms with Gasteiger partial charge in [-0.05, 0) is 37.5 Å². The van der Waals surface area contributed by atoms with E-state index < -0.39 is 24.0 Å². The summed E-state index contributed by atoms with van der Waals surface area (Å²) in [4.78, 5) is 28.0. The second-order valence-corrected chi connectivity index (χ2v) is 5.65. The number of hydrogen-bond acceptors (Lipinski definition) is 6. The number of guanidine groups is 1. The molecule has 1 amide bonds. The first kappa shape index (κ1) is 21.2. The van der Waals surface area contributed by atoms with Crippen molar-refractivity contribution in [1.29, 1.82) is 0 Å². The Kier molecular flexibility index (Phi) is 8.93. The number of rotatable bonds is 10. The molecule has 2 atom stereocenters. The smallest absolute Gasteiger partial charge is 0.328 e. The zero-order valence-corrected chi connectivity index (χ0v) is 14.7. The topological polar surface area (TPSA) is 160 Å². The number of aliphatic hydroxyl groups is 1. The lowest BCUT2D eigenvalue weighted by Gasteiger charge is -2.19. The third kappa shape index (κ3) is 7.84. The van der Waals surface area contributed by atoms with Gasteiger partial charge in [-0.1, -0.05) is 12.1 Å². The van der Waals surface area contributed by atoms with Crippen molar-refractivity contribution < 1.29 is 24.5 Å². The quantitative estimate of drug-likeness (QED) is 0.160. The molecule has 9 nitrogen and oxygen atoms in total. The van der Waals surface area contributed by atoms with Gasteiger partial charge >= 0.3 is 5.97 Å². The third-order valence-corrected chi connectivity index (χ3v) is 3.50. The van der Waals surface area contributed by atoms with Crippen LogP contribution >= 0.6 is 0 Å². The van der Waals surface area contributed by atoms with E-state index in [0.717, 1.165) is 5.56 Å². The fourth-order valence-corrected chi connectivity index (χ4v) is 2.20. The summed E-state index contributed by atoms with van der Waals surface area (Å²) in [6, 6.07) is 5.30.